The van der Waals surface area contributed by atoms with E-state index in [0.717, 1.165) is 0 Å². The van der Waals surface area contributed by atoms with Gasteiger partial charge in [0.15, 0.2) is 0 Å². The van der Waals surface area contributed by atoms with E-state index in [0.29, 0.717) is 0 Å². The quantitative estimate of drug-likeness (QED) is 0.635. The summed E-state index contributed by atoms with van der Waals surface area (Å²) >= 11 is 2.32. The van der Waals surface area contributed by atoms with Crippen molar-refractivity contribution in [3.8, 4) is 0 Å². The molecule has 0 atom stereocenters. The molecular weight excluding hydrogens is 266 g/mol. The summed E-state index contributed by atoms with van der Waals surface area (Å²) in [7, 11) is 0. The van der Waals surface area contributed by atoms with Crippen molar-refractivity contribution in [2.24, 2.45) is 0 Å². The van der Waals surface area contributed by atoms with Crippen LogP contribution in [0.25, 0.3) is 0 Å². The van der Waals surface area contributed by atoms with Crippen LogP contribution in [0.3, 0.4) is 0 Å². The molecule has 0 radical (unpaired) electrons. The van der Waals surface area contributed by atoms with E-state index in [9.17, 15) is 0 Å². The van der Waals surface area contributed by atoms with Crippen LogP contribution in [0, 0.1) is 3.57 Å². The van der Waals surface area contributed by atoms with Crippen molar-refractivity contribution < 1.29 is 4.70 Å². The lowest BCUT2D eigenvalue weighted by Gasteiger charge is -2.18. The van der Waals surface area contributed by atoms with Crippen molar-refractivity contribution in [2.45, 2.75) is 26.2 Å². The van der Waals surface area contributed by atoms with Gasteiger partial charge in [-0.05, 0) is 45.7 Å². The van der Waals surface area contributed by atoms with Crippen LogP contribution in [-0.2, 0) is 5.41 Å². The summed E-state index contributed by atoms with van der Waals surface area (Å²) in [4.78, 5) is 0. The zero-order valence-corrected chi connectivity index (χ0v) is 9.75. The molecule has 0 aromatic heterocycles. The lowest BCUT2D eigenvalue weighted by molar-refractivity contribution is 0.590. The summed E-state index contributed by atoms with van der Waals surface area (Å²) in [6.45, 7) is 6.69. The minimum absolute atomic E-state index is 0. The molecule has 0 saturated heterocycles. The fraction of sp³-hybridized carbons (Fsp3) is 0.400. The van der Waals surface area contributed by atoms with Gasteiger partial charge in [0.1, 0.15) is 0 Å². The van der Waals surface area contributed by atoms with Crippen LogP contribution in [0.15, 0.2) is 24.3 Å². The highest BCUT2D eigenvalue weighted by Gasteiger charge is 2.11. The predicted octanol–water partition coefficient (Wildman–Crippen LogP) is 3.74. The minimum Gasteiger partial charge on any atom is -0.269 e. The summed E-state index contributed by atoms with van der Waals surface area (Å²) < 4.78 is 1.30. The maximum Gasteiger partial charge on any atom is 0.0130 e. The van der Waals surface area contributed by atoms with Gasteiger partial charge in [-0.3, -0.25) is 4.70 Å². The molecule has 0 nitrogen and oxygen atoms in total. The van der Waals surface area contributed by atoms with Gasteiger partial charge in [0.05, 0.1) is 0 Å². The first-order chi connectivity index (χ1) is 5.00. The number of halogens is 2. The van der Waals surface area contributed by atoms with Crippen molar-refractivity contribution in [3.05, 3.63) is 33.4 Å². The van der Waals surface area contributed by atoms with E-state index >= 15 is 0 Å². The molecule has 0 saturated carbocycles. The van der Waals surface area contributed by atoms with E-state index in [1.54, 1.807) is 0 Å². The van der Waals surface area contributed by atoms with Crippen LogP contribution in [0.1, 0.15) is 26.3 Å². The van der Waals surface area contributed by atoms with Gasteiger partial charge in [-0.2, -0.15) is 0 Å². The molecule has 68 valence electrons. The number of hydrogen-bond donors (Lipinski definition) is 0. The summed E-state index contributed by atoms with van der Waals surface area (Å²) in [6.07, 6.45) is 0. The highest BCUT2D eigenvalue weighted by molar-refractivity contribution is 14.1. The maximum atomic E-state index is 2.32. The highest BCUT2D eigenvalue weighted by atomic mass is 127. The molecule has 0 N–H and O–H groups in total. The second-order valence-corrected chi connectivity index (χ2v) is 5.00. The molecule has 1 rings (SSSR count). The Balaban J connectivity index is 0.00000121. The van der Waals surface area contributed by atoms with Crippen molar-refractivity contribution in [1.82, 2.24) is 0 Å². The fourth-order valence-corrected chi connectivity index (χ4v) is 1.31. The average Bonchev–Trinajstić information content (AvgIpc) is 1.86. The Labute approximate surface area is 86.9 Å². The third kappa shape index (κ3) is 3.09. The van der Waals surface area contributed by atoms with Gasteiger partial charge in [-0.25, -0.2) is 0 Å². The molecule has 1 aromatic carbocycles. The largest absolute Gasteiger partial charge is 0.269 e. The molecular formula is C10H14FI. The van der Waals surface area contributed by atoms with E-state index in [-0.39, 0.29) is 10.1 Å². The number of rotatable bonds is 0. The first-order valence-electron chi connectivity index (χ1n) is 3.76. The molecule has 0 unspecified atom stereocenters. The van der Waals surface area contributed by atoms with Gasteiger partial charge >= 0.3 is 0 Å². The monoisotopic (exact) mass is 280 g/mol. The molecule has 0 aliphatic rings. The van der Waals surface area contributed by atoms with Crippen molar-refractivity contribution in [2.75, 3.05) is 0 Å². The summed E-state index contributed by atoms with van der Waals surface area (Å²) in [5.41, 5.74) is 1.68. The fourth-order valence-electron chi connectivity index (χ4n) is 0.950. The van der Waals surface area contributed by atoms with E-state index in [2.05, 4.69) is 67.6 Å². The number of hydrogen-bond acceptors (Lipinski definition) is 0. The van der Waals surface area contributed by atoms with E-state index in [4.69, 9.17) is 0 Å². The van der Waals surface area contributed by atoms with Gasteiger partial charge in [0.25, 0.3) is 0 Å². The summed E-state index contributed by atoms with van der Waals surface area (Å²) in [5.74, 6) is 0. The van der Waals surface area contributed by atoms with Gasteiger partial charge < -0.3 is 0 Å². The highest BCUT2D eigenvalue weighted by Crippen LogP contribution is 2.22. The summed E-state index contributed by atoms with van der Waals surface area (Å²) in [5, 5.41) is 0. The second-order valence-electron chi connectivity index (χ2n) is 3.76. The smallest absolute Gasteiger partial charge is 0.0130 e. The maximum absolute atomic E-state index is 2.32. The Morgan fingerprint density at radius 1 is 1.00 bits per heavy atom. The van der Waals surface area contributed by atoms with Crippen molar-refractivity contribution in [1.29, 1.82) is 0 Å². The molecule has 0 amide bonds. The van der Waals surface area contributed by atoms with Crippen LogP contribution >= 0.6 is 22.6 Å². The Kier molecular flexibility index (Phi) is 4.17. The molecule has 0 spiro atoms. The third-order valence-corrected chi connectivity index (χ3v) is 2.43. The van der Waals surface area contributed by atoms with Crippen molar-refractivity contribution >= 4 is 22.6 Å². The Bertz CT molecular complexity index is 233. The molecule has 0 aliphatic heterocycles. The van der Waals surface area contributed by atoms with Gasteiger partial charge in [0.2, 0.25) is 0 Å². The lowest BCUT2D eigenvalue weighted by Crippen LogP contribution is -2.10. The molecule has 2 heteroatoms. The van der Waals surface area contributed by atoms with Crippen LogP contribution < -0.4 is 0 Å². The zero-order chi connectivity index (χ0) is 8.48. The Hall–Kier alpha value is -0.120. The Morgan fingerprint density at radius 2 is 1.42 bits per heavy atom. The van der Waals surface area contributed by atoms with E-state index < -0.39 is 0 Å². The standard InChI is InChI=1S/C10H13I.FH/c1-10(2,3)8-4-6-9(11)7-5-8;/h4-7H,1-3H3;1H. The van der Waals surface area contributed by atoms with E-state index in [1.807, 2.05) is 0 Å². The zero-order valence-electron chi connectivity index (χ0n) is 7.60. The second kappa shape index (κ2) is 4.21. The normalized spacial score (nSPS) is 10.7. The molecule has 0 heterocycles. The predicted molar refractivity (Wildman–Crippen MR) is 60.4 cm³/mol. The van der Waals surface area contributed by atoms with Gasteiger partial charge in [-0.15, -0.1) is 0 Å². The molecule has 12 heavy (non-hydrogen) atoms. The Morgan fingerprint density at radius 3 is 1.75 bits per heavy atom. The number of benzene rings is 1. The molecule has 0 bridgehead atoms. The van der Waals surface area contributed by atoms with Crippen LogP contribution in [0.4, 0.5) is 4.70 Å². The molecule has 1 aromatic rings. The lowest BCUT2D eigenvalue weighted by atomic mass is 9.87. The van der Waals surface area contributed by atoms with Crippen molar-refractivity contribution in [3.63, 3.8) is 0 Å². The van der Waals surface area contributed by atoms with Crippen LogP contribution in [-0.4, -0.2) is 0 Å². The topological polar surface area (TPSA) is 0 Å². The molecule has 0 fully saturated rings. The molecule has 0 aliphatic carbocycles. The first-order valence-corrected chi connectivity index (χ1v) is 4.84. The van der Waals surface area contributed by atoms with E-state index in [1.165, 1.54) is 9.13 Å². The average molecular weight is 280 g/mol. The van der Waals surface area contributed by atoms with Gasteiger partial charge in [-0.1, -0.05) is 32.9 Å². The van der Waals surface area contributed by atoms with Crippen LogP contribution in [0.2, 0.25) is 0 Å². The third-order valence-electron chi connectivity index (χ3n) is 1.71. The first kappa shape index (κ1) is 11.9. The minimum atomic E-state index is 0. The van der Waals surface area contributed by atoms with Gasteiger partial charge in [0, 0.05) is 3.57 Å². The van der Waals surface area contributed by atoms with Crippen LogP contribution in [0.5, 0.6) is 0 Å². The summed E-state index contributed by atoms with van der Waals surface area (Å²) in [6, 6.07) is 8.70. The SMILES string of the molecule is CC(C)(C)c1ccc(I)cc1.F.